The lowest BCUT2D eigenvalue weighted by molar-refractivity contribution is -0.132. The minimum Gasteiger partial charge on any atom is -0.382 e. The van der Waals surface area contributed by atoms with Gasteiger partial charge in [0.25, 0.3) is 0 Å². The van der Waals surface area contributed by atoms with Gasteiger partial charge in [0.05, 0.1) is 6.61 Å². The molecule has 1 saturated heterocycles. The lowest BCUT2D eigenvalue weighted by Gasteiger charge is -2.35. The van der Waals surface area contributed by atoms with Crippen molar-refractivity contribution in [2.45, 2.75) is 24.9 Å². The summed E-state index contributed by atoms with van der Waals surface area (Å²) in [5.41, 5.74) is 5.06. The SMILES string of the molecule is COCC1(C(N)=O)CCCN1Cc1c(F)cccc1Cl. The normalized spacial score (nSPS) is 23.1. The van der Waals surface area contributed by atoms with E-state index < -0.39 is 11.4 Å². The molecule has 1 aromatic rings. The molecule has 1 amide bonds. The summed E-state index contributed by atoms with van der Waals surface area (Å²) in [6, 6.07) is 4.56. The van der Waals surface area contributed by atoms with Gasteiger partial charge in [-0.1, -0.05) is 17.7 Å². The third kappa shape index (κ3) is 2.66. The van der Waals surface area contributed by atoms with Crippen LogP contribution in [0.5, 0.6) is 0 Å². The first kappa shape index (κ1) is 15.2. The number of halogens is 2. The van der Waals surface area contributed by atoms with Crippen molar-refractivity contribution in [2.75, 3.05) is 20.3 Å². The predicted molar refractivity (Wildman–Crippen MR) is 74.9 cm³/mol. The van der Waals surface area contributed by atoms with E-state index in [9.17, 15) is 9.18 Å². The number of rotatable bonds is 5. The molecule has 0 spiro atoms. The maximum absolute atomic E-state index is 13.9. The molecule has 1 aliphatic heterocycles. The fourth-order valence-corrected chi connectivity index (χ4v) is 3.01. The van der Waals surface area contributed by atoms with E-state index in [1.54, 1.807) is 12.1 Å². The second-order valence-corrected chi connectivity index (χ2v) is 5.46. The molecule has 0 radical (unpaired) electrons. The highest BCUT2D eigenvalue weighted by Gasteiger charge is 2.46. The Hall–Kier alpha value is -1.17. The second-order valence-electron chi connectivity index (χ2n) is 5.05. The average molecular weight is 301 g/mol. The predicted octanol–water partition coefficient (Wildman–Crippen LogP) is 1.95. The first-order valence-corrected chi connectivity index (χ1v) is 6.86. The van der Waals surface area contributed by atoms with E-state index in [1.165, 1.54) is 13.2 Å². The zero-order chi connectivity index (χ0) is 14.8. The fourth-order valence-electron chi connectivity index (χ4n) is 2.79. The van der Waals surface area contributed by atoms with Crippen LogP contribution in [0, 0.1) is 5.82 Å². The highest BCUT2D eigenvalue weighted by molar-refractivity contribution is 6.31. The minimum absolute atomic E-state index is 0.203. The Morgan fingerprint density at radius 3 is 2.95 bits per heavy atom. The van der Waals surface area contributed by atoms with Gasteiger partial charge in [-0.25, -0.2) is 4.39 Å². The summed E-state index contributed by atoms with van der Waals surface area (Å²) >= 11 is 6.04. The number of hydrogen-bond acceptors (Lipinski definition) is 3. The van der Waals surface area contributed by atoms with E-state index >= 15 is 0 Å². The molecule has 0 aromatic heterocycles. The van der Waals surface area contributed by atoms with Gasteiger partial charge in [0.2, 0.25) is 5.91 Å². The Balaban J connectivity index is 2.29. The molecule has 1 atom stereocenters. The van der Waals surface area contributed by atoms with Crippen molar-refractivity contribution in [3.8, 4) is 0 Å². The van der Waals surface area contributed by atoms with Gasteiger partial charge >= 0.3 is 0 Å². The Morgan fingerprint density at radius 1 is 1.60 bits per heavy atom. The zero-order valence-corrected chi connectivity index (χ0v) is 12.1. The molecule has 6 heteroatoms. The lowest BCUT2D eigenvalue weighted by Crippen LogP contribution is -2.56. The van der Waals surface area contributed by atoms with Crippen LogP contribution in [0.2, 0.25) is 5.02 Å². The number of ether oxygens (including phenoxy) is 1. The molecular formula is C14H18ClFN2O2. The van der Waals surface area contributed by atoms with Gasteiger partial charge in [-0.15, -0.1) is 0 Å². The molecule has 1 heterocycles. The summed E-state index contributed by atoms with van der Waals surface area (Å²) in [5, 5.41) is 0.354. The van der Waals surface area contributed by atoms with Crippen molar-refractivity contribution in [3.63, 3.8) is 0 Å². The second kappa shape index (κ2) is 6.08. The van der Waals surface area contributed by atoms with Crippen LogP contribution < -0.4 is 5.73 Å². The first-order chi connectivity index (χ1) is 9.51. The number of carbonyl (C=O) groups is 1. The van der Waals surface area contributed by atoms with Crippen LogP contribution in [0.4, 0.5) is 4.39 Å². The van der Waals surface area contributed by atoms with E-state index in [0.29, 0.717) is 23.6 Å². The standard InChI is InChI=1S/C14H18ClFN2O2/c1-20-9-14(13(17)19)6-3-7-18(14)8-10-11(15)4-2-5-12(10)16/h2,4-5H,3,6-9H2,1H3,(H2,17,19). The van der Waals surface area contributed by atoms with E-state index in [2.05, 4.69) is 0 Å². The van der Waals surface area contributed by atoms with Gasteiger partial charge in [-0.05, 0) is 31.5 Å². The first-order valence-electron chi connectivity index (χ1n) is 6.48. The molecule has 0 saturated carbocycles. The molecule has 1 fully saturated rings. The number of amides is 1. The maximum atomic E-state index is 13.9. The zero-order valence-electron chi connectivity index (χ0n) is 11.4. The molecule has 1 aromatic carbocycles. The molecule has 110 valence electrons. The lowest BCUT2D eigenvalue weighted by atomic mass is 9.95. The molecule has 1 unspecified atom stereocenters. The summed E-state index contributed by atoms with van der Waals surface area (Å²) in [4.78, 5) is 13.7. The third-order valence-electron chi connectivity index (χ3n) is 3.88. The molecule has 0 aliphatic carbocycles. The van der Waals surface area contributed by atoms with E-state index in [4.69, 9.17) is 22.1 Å². The summed E-state index contributed by atoms with van der Waals surface area (Å²) in [6.45, 7) is 1.11. The summed E-state index contributed by atoms with van der Waals surface area (Å²) < 4.78 is 19.0. The monoisotopic (exact) mass is 300 g/mol. The van der Waals surface area contributed by atoms with Crippen LogP contribution in [-0.4, -0.2) is 36.6 Å². The number of hydrogen-bond donors (Lipinski definition) is 1. The van der Waals surface area contributed by atoms with Crippen molar-refractivity contribution in [1.29, 1.82) is 0 Å². The van der Waals surface area contributed by atoms with Crippen LogP contribution in [0.3, 0.4) is 0 Å². The highest BCUT2D eigenvalue weighted by atomic mass is 35.5. The minimum atomic E-state index is -0.875. The van der Waals surface area contributed by atoms with Crippen molar-refractivity contribution in [1.82, 2.24) is 4.90 Å². The summed E-state index contributed by atoms with van der Waals surface area (Å²) in [6.07, 6.45) is 1.43. The van der Waals surface area contributed by atoms with Crippen molar-refractivity contribution in [2.24, 2.45) is 5.73 Å². The Morgan fingerprint density at radius 2 is 2.35 bits per heavy atom. The molecule has 4 nitrogen and oxygen atoms in total. The van der Waals surface area contributed by atoms with Crippen LogP contribution >= 0.6 is 11.6 Å². The number of nitrogens with two attached hydrogens (primary N) is 1. The van der Waals surface area contributed by atoms with Crippen LogP contribution in [0.25, 0.3) is 0 Å². The number of benzene rings is 1. The molecule has 2 rings (SSSR count). The topological polar surface area (TPSA) is 55.6 Å². The fraction of sp³-hybridized carbons (Fsp3) is 0.500. The Bertz CT molecular complexity index is 492. The number of primary amides is 1. The smallest absolute Gasteiger partial charge is 0.240 e. The molecule has 20 heavy (non-hydrogen) atoms. The number of methoxy groups -OCH3 is 1. The van der Waals surface area contributed by atoms with E-state index in [-0.39, 0.29) is 19.0 Å². The summed E-state index contributed by atoms with van der Waals surface area (Å²) in [7, 11) is 1.53. The number of nitrogens with zero attached hydrogens (tertiary/aromatic N) is 1. The highest BCUT2D eigenvalue weighted by Crippen LogP contribution is 2.33. The van der Waals surface area contributed by atoms with Crippen molar-refractivity contribution >= 4 is 17.5 Å². The largest absolute Gasteiger partial charge is 0.382 e. The number of carbonyl (C=O) groups excluding carboxylic acids is 1. The summed E-state index contributed by atoms with van der Waals surface area (Å²) in [5.74, 6) is -0.815. The van der Waals surface area contributed by atoms with Gasteiger partial charge in [-0.2, -0.15) is 0 Å². The van der Waals surface area contributed by atoms with E-state index in [1.807, 2.05) is 4.90 Å². The molecule has 1 aliphatic rings. The van der Waals surface area contributed by atoms with Gasteiger partial charge in [0, 0.05) is 24.2 Å². The maximum Gasteiger partial charge on any atom is 0.240 e. The Kier molecular flexibility index (Phi) is 4.62. The molecular weight excluding hydrogens is 283 g/mol. The van der Waals surface area contributed by atoms with Gasteiger partial charge in [-0.3, -0.25) is 9.69 Å². The van der Waals surface area contributed by atoms with Crippen LogP contribution in [0.1, 0.15) is 18.4 Å². The van der Waals surface area contributed by atoms with Crippen LogP contribution in [0.15, 0.2) is 18.2 Å². The molecule has 0 bridgehead atoms. The average Bonchev–Trinajstić information content (AvgIpc) is 2.79. The van der Waals surface area contributed by atoms with Crippen molar-refractivity contribution in [3.05, 3.63) is 34.6 Å². The molecule has 2 N–H and O–H groups in total. The van der Waals surface area contributed by atoms with E-state index in [0.717, 1.165) is 6.42 Å². The Labute approximate surface area is 122 Å². The van der Waals surface area contributed by atoms with Crippen LogP contribution in [-0.2, 0) is 16.1 Å². The van der Waals surface area contributed by atoms with Gasteiger partial charge < -0.3 is 10.5 Å². The van der Waals surface area contributed by atoms with Crippen molar-refractivity contribution < 1.29 is 13.9 Å². The van der Waals surface area contributed by atoms with Gasteiger partial charge in [0.1, 0.15) is 11.4 Å². The third-order valence-corrected chi connectivity index (χ3v) is 4.23. The quantitative estimate of drug-likeness (QED) is 0.904. The van der Waals surface area contributed by atoms with Gasteiger partial charge in [0.15, 0.2) is 0 Å². The number of likely N-dealkylation sites (tertiary alicyclic amines) is 1.